The van der Waals surface area contributed by atoms with Crippen LogP contribution in [0.1, 0.15) is 0 Å². The van der Waals surface area contributed by atoms with Crippen LogP contribution in [-0.2, 0) is 10.0 Å². The SMILES string of the molecule is C=CS(=O)(=O)N1CCN2c3ccc([N+](=O)[O-])cc3OC[C@H]2C1. The lowest BCUT2D eigenvalue weighted by molar-refractivity contribution is -0.384. The maximum absolute atomic E-state index is 11.9. The first-order chi connectivity index (χ1) is 10.4. The Balaban J connectivity index is 1.86. The summed E-state index contributed by atoms with van der Waals surface area (Å²) in [6.45, 7) is 4.79. The first kappa shape index (κ1) is 14.8. The zero-order valence-electron chi connectivity index (χ0n) is 11.7. The number of sulfonamides is 1. The monoisotopic (exact) mass is 325 g/mol. The van der Waals surface area contributed by atoms with Crippen molar-refractivity contribution in [2.24, 2.45) is 0 Å². The fourth-order valence-corrected chi connectivity index (χ4v) is 3.71. The van der Waals surface area contributed by atoms with Crippen LogP contribution < -0.4 is 9.64 Å². The minimum Gasteiger partial charge on any atom is -0.489 e. The van der Waals surface area contributed by atoms with Gasteiger partial charge in [0.05, 0.1) is 22.7 Å². The molecular formula is C13H15N3O5S. The van der Waals surface area contributed by atoms with Crippen molar-refractivity contribution in [3.63, 3.8) is 0 Å². The van der Waals surface area contributed by atoms with Gasteiger partial charge in [-0.1, -0.05) is 6.58 Å². The second kappa shape index (κ2) is 5.25. The van der Waals surface area contributed by atoms with Crippen molar-refractivity contribution in [3.8, 4) is 5.75 Å². The van der Waals surface area contributed by atoms with Crippen molar-refractivity contribution in [1.29, 1.82) is 0 Å². The summed E-state index contributed by atoms with van der Waals surface area (Å²) < 4.78 is 30.7. The molecule has 9 heteroatoms. The minimum atomic E-state index is -3.44. The highest BCUT2D eigenvalue weighted by atomic mass is 32.2. The van der Waals surface area contributed by atoms with Gasteiger partial charge in [-0.05, 0) is 6.07 Å². The summed E-state index contributed by atoms with van der Waals surface area (Å²) >= 11 is 0. The first-order valence-electron chi connectivity index (χ1n) is 6.73. The maximum Gasteiger partial charge on any atom is 0.273 e. The predicted molar refractivity (Wildman–Crippen MR) is 80.4 cm³/mol. The molecule has 0 aliphatic carbocycles. The molecule has 118 valence electrons. The highest BCUT2D eigenvalue weighted by molar-refractivity contribution is 7.92. The number of piperazine rings is 1. The quantitative estimate of drug-likeness (QED) is 0.607. The summed E-state index contributed by atoms with van der Waals surface area (Å²) in [4.78, 5) is 12.4. The Morgan fingerprint density at radius 1 is 1.41 bits per heavy atom. The van der Waals surface area contributed by atoms with Crippen LogP contribution in [0.3, 0.4) is 0 Å². The normalized spacial score (nSPS) is 21.5. The van der Waals surface area contributed by atoms with Crippen molar-refractivity contribution in [2.45, 2.75) is 6.04 Å². The standard InChI is InChI=1S/C13H15N3O5S/c1-2-22(19,20)14-5-6-15-11(8-14)9-21-13-7-10(16(17)18)3-4-12(13)15/h2-4,7,11H,1,5-6,8-9H2/t11-/m1/s1. The third-order valence-corrected chi connectivity index (χ3v) is 5.38. The first-order valence-corrected chi connectivity index (χ1v) is 8.23. The van der Waals surface area contributed by atoms with Gasteiger partial charge in [-0.3, -0.25) is 10.1 Å². The lowest BCUT2D eigenvalue weighted by atomic mass is 10.1. The molecule has 0 radical (unpaired) electrons. The van der Waals surface area contributed by atoms with Gasteiger partial charge in [0.1, 0.15) is 12.4 Å². The topological polar surface area (TPSA) is 93.0 Å². The molecule has 1 aromatic rings. The Hall–Kier alpha value is -2.13. The number of rotatable bonds is 3. The fourth-order valence-electron chi connectivity index (χ4n) is 2.78. The molecule has 1 fully saturated rings. The number of fused-ring (bicyclic) bond motifs is 3. The second-order valence-corrected chi connectivity index (χ2v) is 7.02. The van der Waals surface area contributed by atoms with Crippen molar-refractivity contribution in [3.05, 3.63) is 40.3 Å². The summed E-state index contributed by atoms with van der Waals surface area (Å²) in [6, 6.07) is 4.37. The van der Waals surface area contributed by atoms with Gasteiger partial charge in [0.15, 0.2) is 0 Å². The number of nitrogens with zero attached hydrogens (tertiary/aromatic N) is 3. The fraction of sp³-hybridized carbons (Fsp3) is 0.385. The molecule has 1 aromatic carbocycles. The third-order valence-electron chi connectivity index (χ3n) is 3.91. The number of anilines is 1. The molecule has 1 atom stereocenters. The molecule has 3 rings (SSSR count). The second-order valence-electron chi connectivity index (χ2n) is 5.14. The maximum atomic E-state index is 11.9. The Morgan fingerprint density at radius 2 is 2.18 bits per heavy atom. The molecule has 0 N–H and O–H groups in total. The van der Waals surface area contributed by atoms with Gasteiger partial charge in [-0.2, -0.15) is 4.31 Å². The molecule has 0 spiro atoms. The zero-order valence-corrected chi connectivity index (χ0v) is 12.5. The minimum absolute atomic E-state index is 0.0231. The van der Waals surface area contributed by atoms with Crippen LogP contribution in [0, 0.1) is 10.1 Å². The molecule has 0 bridgehead atoms. The lowest BCUT2D eigenvalue weighted by Crippen LogP contribution is -2.58. The van der Waals surface area contributed by atoms with Gasteiger partial charge in [0.2, 0.25) is 10.0 Å². The number of hydrogen-bond acceptors (Lipinski definition) is 6. The van der Waals surface area contributed by atoms with E-state index < -0.39 is 14.9 Å². The van der Waals surface area contributed by atoms with E-state index in [1.165, 1.54) is 16.4 Å². The molecule has 1 saturated heterocycles. The van der Waals surface area contributed by atoms with Crippen LogP contribution >= 0.6 is 0 Å². The third kappa shape index (κ3) is 2.42. The van der Waals surface area contributed by atoms with Crippen LogP contribution in [0.4, 0.5) is 11.4 Å². The van der Waals surface area contributed by atoms with Gasteiger partial charge in [0.25, 0.3) is 5.69 Å². The van der Waals surface area contributed by atoms with Crippen LogP contribution in [0.5, 0.6) is 5.75 Å². The molecule has 8 nitrogen and oxygen atoms in total. The van der Waals surface area contributed by atoms with Crippen molar-refractivity contribution in [2.75, 3.05) is 31.1 Å². The van der Waals surface area contributed by atoms with Crippen molar-refractivity contribution in [1.82, 2.24) is 4.31 Å². The Morgan fingerprint density at radius 3 is 2.86 bits per heavy atom. The molecule has 0 unspecified atom stereocenters. The predicted octanol–water partition coefficient (Wildman–Crippen LogP) is 0.951. The van der Waals surface area contributed by atoms with Gasteiger partial charge in [-0.15, -0.1) is 0 Å². The van der Waals surface area contributed by atoms with Gasteiger partial charge >= 0.3 is 0 Å². The molecule has 2 aliphatic heterocycles. The van der Waals surface area contributed by atoms with Crippen LogP contribution in [0.2, 0.25) is 0 Å². The summed E-state index contributed by atoms with van der Waals surface area (Å²) in [7, 11) is -3.44. The number of nitro benzene ring substituents is 1. The van der Waals surface area contributed by atoms with Gasteiger partial charge in [-0.25, -0.2) is 8.42 Å². The van der Waals surface area contributed by atoms with E-state index in [9.17, 15) is 18.5 Å². The van der Waals surface area contributed by atoms with E-state index in [-0.39, 0.29) is 18.3 Å². The van der Waals surface area contributed by atoms with E-state index in [1.54, 1.807) is 6.07 Å². The smallest absolute Gasteiger partial charge is 0.273 e. The number of non-ortho nitro benzene ring substituents is 1. The Bertz CT molecular complexity index is 733. The summed E-state index contributed by atoms with van der Waals surface area (Å²) in [5.41, 5.74) is 0.738. The highest BCUT2D eigenvalue weighted by Crippen LogP contribution is 2.38. The van der Waals surface area contributed by atoms with E-state index in [0.717, 1.165) is 11.1 Å². The summed E-state index contributed by atoms with van der Waals surface area (Å²) in [6.07, 6.45) is 0. The largest absolute Gasteiger partial charge is 0.489 e. The van der Waals surface area contributed by atoms with Crippen LogP contribution in [0.25, 0.3) is 0 Å². The average molecular weight is 325 g/mol. The van der Waals surface area contributed by atoms with Crippen molar-refractivity contribution < 1.29 is 18.1 Å². The van der Waals surface area contributed by atoms with E-state index >= 15 is 0 Å². The molecule has 2 aliphatic rings. The molecule has 0 saturated carbocycles. The van der Waals surface area contributed by atoms with Crippen molar-refractivity contribution >= 4 is 21.4 Å². The molecule has 0 amide bonds. The number of nitro groups is 1. The molecule has 2 heterocycles. The molecular weight excluding hydrogens is 310 g/mol. The number of benzene rings is 1. The van der Waals surface area contributed by atoms with Crippen LogP contribution in [-0.4, -0.2) is 49.9 Å². The van der Waals surface area contributed by atoms with Crippen LogP contribution in [0.15, 0.2) is 30.2 Å². The van der Waals surface area contributed by atoms with E-state index in [4.69, 9.17) is 4.74 Å². The van der Waals surface area contributed by atoms with Gasteiger partial charge < -0.3 is 9.64 Å². The summed E-state index contributed by atoms with van der Waals surface area (Å²) in [5, 5.41) is 11.8. The Labute approximate surface area is 127 Å². The number of ether oxygens (including phenoxy) is 1. The molecule has 22 heavy (non-hydrogen) atoms. The van der Waals surface area contributed by atoms with Gasteiger partial charge in [0, 0.05) is 31.1 Å². The summed E-state index contributed by atoms with van der Waals surface area (Å²) in [5.74, 6) is 0.463. The van der Waals surface area contributed by atoms with E-state index in [0.29, 0.717) is 25.4 Å². The number of hydrogen-bond donors (Lipinski definition) is 0. The van der Waals surface area contributed by atoms with E-state index in [1.807, 2.05) is 4.90 Å². The highest BCUT2D eigenvalue weighted by Gasteiger charge is 2.36. The molecule has 0 aromatic heterocycles. The van der Waals surface area contributed by atoms with E-state index in [2.05, 4.69) is 6.58 Å². The lowest BCUT2D eigenvalue weighted by Gasteiger charge is -2.44. The Kier molecular flexibility index (Phi) is 3.53. The average Bonchev–Trinajstić information content (AvgIpc) is 2.53. The zero-order chi connectivity index (χ0) is 15.9.